The van der Waals surface area contributed by atoms with Gasteiger partial charge in [0.2, 0.25) is 5.91 Å². The average Bonchev–Trinajstić information content (AvgIpc) is 3.16. The molecule has 0 N–H and O–H groups in total. The number of carbonyl (C=O) groups is 1. The SMILES string of the molecule is CC(c1ccccc1-n1cccn1)N1CC(CS)CC1=O. The molecule has 4 nitrogen and oxygen atoms in total. The molecule has 2 aromatic rings. The van der Waals surface area contributed by atoms with Crippen LogP contribution in [0.3, 0.4) is 0 Å². The van der Waals surface area contributed by atoms with Crippen LogP contribution in [0, 0.1) is 5.92 Å². The quantitative estimate of drug-likeness (QED) is 0.882. The summed E-state index contributed by atoms with van der Waals surface area (Å²) < 4.78 is 1.85. The lowest BCUT2D eigenvalue weighted by molar-refractivity contribution is -0.129. The van der Waals surface area contributed by atoms with Gasteiger partial charge in [-0.05, 0) is 30.7 Å². The Kier molecular flexibility index (Phi) is 4.01. The molecule has 1 aliphatic rings. The molecule has 1 saturated heterocycles. The number of carbonyl (C=O) groups excluding carboxylic acids is 1. The summed E-state index contributed by atoms with van der Waals surface area (Å²) in [6.07, 6.45) is 4.30. The van der Waals surface area contributed by atoms with Crippen molar-refractivity contribution in [1.29, 1.82) is 0 Å². The van der Waals surface area contributed by atoms with Gasteiger partial charge in [0, 0.05) is 30.9 Å². The van der Waals surface area contributed by atoms with E-state index < -0.39 is 0 Å². The van der Waals surface area contributed by atoms with E-state index in [1.807, 2.05) is 40.0 Å². The minimum atomic E-state index is 0.0442. The normalized spacial score (nSPS) is 20.0. The fourth-order valence-electron chi connectivity index (χ4n) is 2.93. The monoisotopic (exact) mass is 301 g/mol. The van der Waals surface area contributed by atoms with E-state index in [0.29, 0.717) is 12.3 Å². The standard InChI is InChI=1S/C16H19N3OS/c1-12(18-10-13(11-21)9-16(18)20)14-5-2-3-6-15(14)19-8-4-7-17-19/h2-8,12-13,21H,9-11H2,1H3. The van der Waals surface area contributed by atoms with E-state index in [-0.39, 0.29) is 11.9 Å². The second kappa shape index (κ2) is 5.93. The van der Waals surface area contributed by atoms with E-state index in [1.54, 1.807) is 6.20 Å². The van der Waals surface area contributed by atoms with Crippen molar-refractivity contribution in [2.75, 3.05) is 12.3 Å². The zero-order valence-corrected chi connectivity index (χ0v) is 12.9. The third-order valence-corrected chi connectivity index (χ3v) is 4.62. The summed E-state index contributed by atoms with van der Waals surface area (Å²) in [5.41, 5.74) is 2.14. The van der Waals surface area contributed by atoms with Crippen LogP contribution in [-0.4, -0.2) is 32.9 Å². The number of thiol groups is 1. The predicted molar refractivity (Wildman–Crippen MR) is 85.7 cm³/mol. The summed E-state index contributed by atoms with van der Waals surface area (Å²) in [5, 5.41) is 4.31. The molecule has 0 saturated carbocycles. The Morgan fingerprint density at radius 3 is 2.86 bits per heavy atom. The van der Waals surface area contributed by atoms with Gasteiger partial charge in [0.05, 0.1) is 11.7 Å². The van der Waals surface area contributed by atoms with Crippen molar-refractivity contribution in [1.82, 2.24) is 14.7 Å². The Balaban J connectivity index is 1.92. The van der Waals surface area contributed by atoms with Crippen molar-refractivity contribution in [3.8, 4) is 5.69 Å². The minimum absolute atomic E-state index is 0.0442. The molecule has 1 aromatic heterocycles. The van der Waals surface area contributed by atoms with Gasteiger partial charge in [0.15, 0.2) is 0 Å². The summed E-state index contributed by atoms with van der Waals surface area (Å²) in [5.74, 6) is 1.34. The van der Waals surface area contributed by atoms with Crippen molar-refractivity contribution < 1.29 is 4.79 Å². The first-order chi connectivity index (χ1) is 10.2. The summed E-state index contributed by atoms with van der Waals surface area (Å²) in [6.45, 7) is 2.87. The van der Waals surface area contributed by atoms with Gasteiger partial charge in [-0.2, -0.15) is 17.7 Å². The molecular formula is C16H19N3OS. The third-order valence-electron chi connectivity index (χ3n) is 4.10. The number of aromatic nitrogens is 2. The van der Waals surface area contributed by atoms with Gasteiger partial charge in [0.25, 0.3) is 0 Å². The first kappa shape index (κ1) is 14.2. The van der Waals surface area contributed by atoms with Crippen molar-refractivity contribution in [3.63, 3.8) is 0 Å². The van der Waals surface area contributed by atoms with Gasteiger partial charge >= 0.3 is 0 Å². The first-order valence-electron chi connectivity index (χ1n) is 7.20. The van der Waals surface area contributed by atoms with E-state index in [4.69, 9.17) is 0 Å². The molecule has 0 aliphatic carbocycles. The second-order valence-corrected chi connectivity index (χ2v) is 5.85. The van der Waals surface area contributed by atoms with Crippen LogP contribution in [-0.2, 0) is 4.79 Å². The molecule has 0 spiro atoms. The predicted octanol–water partition coefficient (Wildman–Crippen LogP) is 2.71. The van der Waals surface area contributed by atoms with Crippen LogP contribution in [0.2, 0.25) is 0 Å². The van der Waals surface area contributed by atoms with E-state index in [0.717, 1.165) is 23.5 Å². The number of hydrogen-bond donors (Lipinski definition) is 1. The van der Waals surface area contributed by atoms with E-state index in [2.05, 4.69) is 30.7 Å². The molecule has 1 amide bonds. The summed E-state index contributed by atoms with van der Waals surface area (Å²) in [6, 6.07) is 10.1. The molecule has 5 heteroatoms. The Labute approximate surface area is 130 Å². The average molecular weight is 301 g/mol. The maximum Gasteiger partial charge on any atom is 0.223 e. The van der Waals surface area contributed by atoms with Crippen molar-refractivity contribution >= 4 is 18.5 Å². The van der Waals surface area contributed by atoms with E-state index in [1.165, 1.54) is 0 Å². The third kappa shape index (κ3) is 2.70. The lowest BCUT2D eigenvalue weighted by atomic mass is 10.0. The lowest BCUT2D eigenvalue weighted by Crippen LogP contribution is -2.29. The van der Waals surface area contributed by atoms with E-state index in [9.17, 15) is 4.79 Å². The summed E-state index contributed by atoms with van der Waals surface area (Å²) in [4.78, 5) is 14.2. The molecular weight excluding hydrogens is 282 g/mol. The Morgan fingerprint density at radius 1 is 1.38 bits per heavy atom. The van der Waals surface area contributed by atoms with Crippen LogP contribution in [0.15, 0.2) is 42.7 Å². The number of hydrogen-bond acceptors (Lipinski definition) is 3. The Morgan fingerprint density at radius 2 is 2.19 bits per heavy atom. The van der Waals surface area contributed by atoms with Gasteiger partial charge in [-0.1, -0.05) is 18.2 Å². The second-order valence-electron chi connectivity index (χ2n) is 5.48. The number of rotatable bonds is 4. The molecule has 1 aliphatic heterocycles. The first-order valence-corrected chi connectivity index (χ1v) is 7.83. The molecule has 21 heavy (non-hydrogen) atoms. The highest BCUT2D eigenvalue weighted by Gasteiger charge is 2.33. The number of amides is 1. The zero-order valence-electron chi connectivity index (χ0n) is 12.0. The smallest absolute Gasteiger partial charge is 0.223 e. The molecule has 1 aromatic carbocycles. The van der Waals surface area contributed by atoms with Crippen LogP contribution in [0.4, 0.5) is 0 Å². The van der Waals surface area contributed by atoms with Crippen LogP contribution >= 0.6 is 12.6 Å². The molecule has 2 heterocycles. The minimum Gasteiger partial charge on any atom is -0.336 e. The molecule has 1 fully saturated rings. The van der Waals surface area contributed by atoms with Gasteiger partial charge in [0.1, 0.15) is 0 Å². The van der Waals surface area contributed by atoms with Crippen LogP contribution in [0.25, 0.3) is 5.69 Å². The topological polar surface area (TPSA) is 38.1 Å². The largest absolute Gasteiger partial charge is 0.336 e. The Hall–Kier alpha value is -1.75. The molecule has 110 valence electrons. The number of likely N-dealkylation sites (tertiary alicyclic amines) is 1. The molecule has 0 radical (unpaired) electrons. The fraction of sp³-hybridized carbons (Fsp3) is 0.375. The van der Waals surface area contributed by atoms with Gasteiger partial charge < -0.3 is 4.90 Å². The fourth-order valence-corrected chi connectivity index (χ4v) is 3.18. The number of nitrogens with zero attached hydrogens (tertiary/aromatic N) is 3. The molecule has 2 atom stereocenters. The highest BCUT2D eigenvalue weighted by Crippen LogP contribution is 2.31. The van der Waals surface area contributed by atoms with Crippen LogP contribution < -0.4 is 0 Å². The number of para-hydroxylation sites is 1. The van der Waals surface area contributed by atoms with E-state index >= 15 is 0 Å². The molecule has 3 rings (SSSR count). The van der Waals surface area contributed by atoms with Crippen molar-refractivity contribution in [2.24, 2.45) is 5.92 Å². The van der Waals surface area contributed by atoms with Gasteiger partial charge in [-0.15, -0.1) is 0 Å². The maximum atomic E-state index is 12.2. The van der Waals surface area contributed by atoms with Gasteiger partial charge in [-0.25, -0.2) is 4.68 Å². The molecule has 0 bridgehead atoms. The zero-order chi connectivity index (χ0) is 14.8. The number of benzene rings is 1. The Bertz CT molecular complexity index is 626. The lowest BCUT2D eigenvalue weighted by Gasteiger charge is -2.27. The highest BCUT2D eigenvalue weighted by atomic mass is 32.1. The van der Waals surface area contributed by atoms with Gasteiger partial charge in [-0.3, -0.25) is 4.79 Å². The highest BCUT2D eigenvalue weighted by molar-refractivity contribution is 7.80. The van der Waals surface area contributed by atoms with Crippen LogP contribution in [0.1, 0.15) is 24.9 Å². The maximum absolute atomic E-state index is 12.2. The summed E-state index contributed by atoms with van der Waals surface area (Å²) >= 11 is 4.33. The van der Waals surface area contributed by atoms with Crippen molar-refractivity contribution in [2.45, 2.75) is 19.4 Å². The molecule has 2 unspecified atom stereocenters. The summed E-state index contributed by atoms with van der Waals surface area (Å²) in [7, 11) is 0. The van der Waals surface area contributed by atoms with Crippen LogP contribution in [0.5, 0.6) is 0 Å². The van der Waals surface area contributed by atoms with Crippen molar-refractivity contribution in [3.05, 3.63) is 48.3 Å².